The van der Waals surface area contributed by atoms with Crippen molar-refractivity contribution in [2.75, 3.05) is 26.2 Å². The van der Waals surface area contributed by atoms with E-state index in [4.69, 9.17) is 4.98 Å². The molecule has 3 heterocycles. The molecule has 26 heavy (non-hydrogen) atoms. The summed E-state index contributed by atoms with van der Waals surface area (Å²) in [6.45, 7) is 7.82. The van der Waals surface area contributed by atoms with E-state index >= 15 is 0 Å². The van der Waals surface area contributed by atoms with Crippen molar-refractivity contribution in [2.45, 2.75) is 20.0 Å². The molecule has 1 saturated heterocycles. The number of hydrogen-bond acceptors (Lipinski definition) is 4. The molecule has 1 fully saturated rings. The predicted octanol–water partition coefficient (Wildman–Crippen LogP) is 2.32. The van der Waals surface area contributed by atoms with E-state index in [-0.39, 0.29) is 5.56 Å². The molecule has 134 valence electrons. The number of aryl methyl sites for hydroxylation is 1. The number of pyridine rings is 1. The smallest absolute Gasteiger partial charge is 0.258 e. The summed E-state index contributed by atoms with van der Waals surface area (Å²) < 4.78 is 1.62. The molecule has 0 aliphatic carbocycles. The van der Waals surface area contributed by atoms with Gasteiger partial charge in [0.05, 0.1) is 5.69 Å². The zero-order valence-electron chi connectivity index (χ0n) is 15.1. The van der Waals surface area contributed by atoms with Crippen molar-refractivity contribution >= 4 is 5.65 Å². The standard InChI is InChI=1S/C21H24N4O/c1-17-6-5-9-25-20(26)14-19(22-21(17)25)16-24-12-10-23(11-13-24)15-18-7-3-2-4-8-18/h2-9,14H,10-13,15-16H2,1H3. The molecule has 0 atom stereocenters. The molecular weight excluding hydrogens is 324 g/mol. The lowest BCUT2D eigenvalue weighted by atomic mass is 10.2. The first-order valence-electron chi connectivity index (χ1n) is 9.15. The van der Waals surface area contributed by atoms with E-state index < -0.39 is 0 Å². The van der Waals surface area contributed by atoms with Crippen LogP contribution in [0.15, 0.2) is 59.5 Å². The fraction of sp³-hybridized carbons (Fsp3) is 0.333. The third kappa shape index (κ3) is 3.69. The van der Waals surface area contributed by atoms with Gasteiger partial charge in [0.15, 0.2) is 0 Å². The maximum absolute atomic E-state index is 12.3. The Bertz CT molecular complexity index is 943. The number of nitrogens with zero attached hydrogens (tertiary/aromatic N) is 4. The lowest BCUT2D eigenvalue weighted by Crippen LogP contribution is -2.45. The van der Waals surface area contributed by atoms with Crippen LogP contribution in [0.25, 0.3) is 5.65 Å². The molecule has 1 aliphatic rings. The van der Waals surface area contributed by atoms with Crippen molar-refractivity contribution in [3.63, 3.8) is 0 Å². The minimum absolute atomic E-state index is 0.00332. The van der Waals surface area contributed by atoms with Crippen LogP contribution in [0.4, 0.5) is 0 Å². The molecule has 1 aromatic carbocycles. The second-order valence-electron chi connectivity index (χ2n) is 7.01. The lowest BCUT2D eigenvalue weighted by Gasteiger charge is -2.34. The number of benzene rings is 1. The van der Waals surface area contributed by atoms with Crippen LogP contribution in [0.3, 0.4) is 0 Å². The molecule has 5 heteroatoms. The Morgan fingerprint density at radius 3 is 2.35 bits per heavy atom. The Kier molecular flexibility index (Phi) is 4.82. The van der Waals surface area contributed by atoms with Gasteiger partial charge in [-0.2, -0.15) is 0 Å². The summed E-state index contributed by atoms with van der Waals surface area (Å²) in [5, 5.41) is 0. The summed E-state index contributed by atoms with van der Waals surface area (Å²) in [5.74, 6) is 0. The molecule has 2 aromatic heterocycles. The molecule has 4 rings (SSSR count). The molecule has 0 saturated carbocycles. The van der Waals surface area contributed by atoms with Crippen molar-refractivity contribution in [1.29, 1.82) is 0 Å². The van der Waals surface area contributed by atoms with Gasteiger partial charge in [-0.1, -0.05) is 36.4 Å². The monoisotopic (exact) mass is 348 g/mol. The fourth-order valence-electron chi connectivity index (χ4n) is 3.57. The van der Waals surface area contributed by atoms with E-state index in [2.05, 4.69) is 40.1 Å². The van der Waals surface area contributed by atoms with Gasteiger partial charge < -0.3 is 0 Å². The number of rotatable bonds is 4. The zero-order valence-corrected chi connectivity index (χ0v) is 15.1. The molecule has 0 bridgehead atoms. The van der Waals surface area contributed by atoms with Gasteiger partial charge in [0.25, 0.3) is 5.56 Å². The summed E-state index contributed by atoms with van der Waals surface area (Å²) in [6, 6.07) is 16.2. The molecule has 0 amide bonds. The van der Waals surface area contributed by atoms with Gasteiger partial charge in [-0.15, -0.1) is 0 Å². The van der Waals surface area contributed by atoms with E-state index in [9.17, 15) is 4.79 Å². The van der Waals surface area contributed by atoms with Crippen LogP contribution >= 0.6 is 0 Å². The molecular formula is C21H24N4O. The van der Waals surface area contributed by atoms with Gasteiger partial charge in [-0.25, -0.2) is 4.98 Å². The summed E-state index contributed by atoms with van der Waals surface area (Å²) in [6.07, 6.45) is 1.78. The van der Waals surface area contributed by atoms with Crippen LogP contribution in [0.5, 0.6) is 0 Å². The summed E-state index contributed by atoms with van der Waals surface area (Å²) in [4.78, 5) is 21.9. The number of fused-ring (bicyclic) bond motifs is 1. The van der Waals surface area contributed by atoms with Crippen molar-refractivity contribution < 1.29 is 0 Å². The van der Waals surface area contributed by atoms with Crippen LogP contribution in [-0.4, -0.2) is 45.4 Å². The molecule has 0 radical (unpaired) electrons. The van der Waals surface area contributed by atoms with Gasteiger partial charge in [-0.3, -0.25) is 19.0 Å². The van der Waals surface area contributed by atoms with Crippen molar-refractivity contribution in [1.82, 2.24) is 19.2 Å². The summed E-state index contributed by atoms with van der Waals surface area (Å²) >= 11 is 0. The highest BCUT2D eigenvalue weighted by Gasteiger charge is 2.18. The van der Waals surface area contributed by atoms with Gasteiger partial charge in [0.1, 0.15) is 5.65 Å². The van der Waals surface area contributed by atoms with Crippen LogP contribution < -0.4 is 5.56 Å². The highest BCUT2D eigenvalue weighted by molar-refractivity contribution is 5.46. The van der Waals surface area contributed by atoms with Crippen LogP contribution in [-0.2, 0) is 13.1 Å². The first-order chi connectivity index (χ1) is 12.7. The predicted molar refractivity (Wildman–Crippen MR) is 103 cm³/mol. The van der Waals surface area contributed by atoms with Gasteiger partial charge in [0, 0.05) is 51.5 Å². The Balaban J connectivity index is 1.41. The van der Waals surface area contributed by atoms with Crippen LogP contribution in [0.1, 0.15) is 16.8 Å². The summed E-state index contributed by atoms with van der Waals surface area (Å²) in [7, 11) is 0. The van der Waals surface area contributed by atoms with Crippen LogP contribution in [0.2, 0.25) is 0 Å². The molecule has 0 spiro atoms. The Morgan fingerprint density at radius 1 is 0.923 bits per heavy atom. The highest BCUT2D eigenvalue weighted by atomic mass is 16.1. The fourth-order valence-corrected chi connectivity index (χ4v) is 3.57. The molecule has 5 nitrogen and oxygen atoms in total. The minimum Gasteiger partial charge on any atom is -0.297 e. The minimum atomic E-state index is -0.00332. The van der Waals surface area contributed by atoms with Crippen LogP contribution in [0, 0.1) is 6.92 Å². The Hall–Kier alpha value is -2.50. The normalized spacial score (nSPS) is 16.2. The van der Waals surface area contributed by atoms with Crippen molar-refractivity contribution in [2.24, 2.45) is 0 Å². The van der Waals surface area contributed by atoms with E-state index in [1.54, 1.807) is 16.7 Å². The third-order valence-electron chi connectivity index (χ3n) is 5.04. The number of aromatic nitrogens is 2. The maximum atomic E-state index is 12.3. The quantitative estimate of drug-likeness (QED) is 0.726. The first-order valence-corrected chi connectivity index (χ1v) is 9.15. The largest absolute Gasteiger partial charge is 0.297 e. The number of piperazine rings is 1. The maximum Gasteiger partial charge on any atom is 0.258 e. The van der Waals surface area contributed by atoms with Gasteiger partial charge >= 0.3 is 0 Å². The molecule has 1 aliphatic heterocycles. The zero-order chi connectivity index (χ0) is 17.9. The molecule has 3 aromatic rings. The third-order valence-corrected chi connectivity index (χ3v) is 5.04. The van der Waals surface area contributed by atoms with E-state index in [1.165, 1.54) is 5.56 Å². The average Bonchev–Trinajstić information content (AvgIpc) is 2.65. The second-order valence-corrected chi connectivity index (χ2v) is 7.01. The summed E-state index contributed by atoms with van der Waals surface area (Å²) in [5.41, 5.74) is 4.01. The Morgan fingerprint density at radius 2 is 1.62 bits per heavy atom. The Labute approximate surface area is 153 Å². The van der Waals surface area contributed by atoms with E-state index in [0.717, 1.165) is 56.2 Å². The second kappa shape index (κ2) is 7.40. The first kappa shape index (κ1) is 16.9. The molecule has 0 unspecified atom stereocenters. The van der Waals surface area contributed by atoms with Gasteiger partial charge in [-0.05, 0) is 24.1 Å². The lowest BCUT2D eigenvalue weighted by molar-refractivity contribution is 0.121. The van der Waals surface area contributed by atoms with E-state index in [1.807, 2.05) is 19.1 Å². The van der Waals surface area contributed by atoms with E-state index in [0.29, 0.717) is 0 Å². The van der Waals surface area contributed by atoms with Crippen molar-refractivity contribution in [3.05, 3.63) is 81.9 Å². The van der Waals surface area contributed by atoms with Crippen molar-refractivity contribution in [3.8, 4) is 0 Å². The van der Waals surface area contributed by atoms with Gasteiger partial charge in [0.2, 0.25) is 0 Å². The number of hydrogen-bond donors (Lipinski definition) is 0. The topological polar surface area (TPSA) is 40.9 Å². The average molecular weight is 348 g/mol. The SMILES string of the molecule is Cc1cccn2c(=O)cc(CN3CCN(Cc4ccccc4)CC3)nc12. The molecule has 0 N–H and O–H groups in total. The highest BCUT2D eigenvalue weighted by Crippen LogP contribution is 2.11.